The van der Waals surface area contributed by atoms with Crippen molar-refractivity contribution >= 4 is 5.91 Å². The molecule has 5 nitrogen and oxygen atoms in total. The first-order valence-electron chi connectivity index (χ1n) is 5.64. The van der Waals surface area contributed by atoms with Crippen LogP contribution in [0.2, 0.25) is 0 Å². The van der Waals surface area contributed by atoms with Gasteiger partial charge in [-0.25, -0.2) is 0 Å². The SMILES string of the molecule is Cc1cc(-c2cccc(O[C@@H](C)C(N)=O)c2)n[nH]1. The van der Waals surface area contributed by atoms with E-state index in [-0.39, 0.29) is 0 Å². The quantitative estimate of drug-likeness (QED) is 0.859. The molecule has 2 aromatic rings. The van der Waals surface area contributed by atoms with Crippen LogP contribution in [0.25, 0.3) is 11.3 Å². The Labute approximate surface area is 105 Å². The molecule has 1 amide bonds. The minimum atomic E-state index is -0.652. The van der Waals surface area contributed by atoms with Gasteiger partial charge in [-0.15, -0.1) is 0 Å². The molecule has 1 heterocycles. The summed E-state index contributed by atoms with van der Waals surface area (Å²) < 4.78 is 5.43. The Morgan fingerprint density at radius 3 is 2.83 bits per heavy atom. The number of aromatic amines is 1. The second-order valence-electron chi connectivity index (χ2n) is 4.13. The summed E-state index contributed by atoms with van der Waals surface area (Å²) in [5, 5.41) is 7.05. The normalized spacial score (nSPS) is 12.1. The largest absolute Gasteiger partial charge is 0.481 e. The first-order chi connectivity index (χ1) is 8.56. The molecule has 0 saturated heterocycles. The highest BCUT2D eigenvalue weighted by molar-refractivity contribution is 5.78. The van der Waals surface area contributed by atoms with Crippen LogP contribution in [-0.4, -0.2) is 22.2 Å². The molecule has 3 N–H and O–H groups in total. The molecule has 2 rings (SSSR count). The molecule has 0 saturated carbocycles. The highest BCUT2D eigenvalue weighted by atomic mass is 16.5. The van der Waals surface area contributed by atoms with Crippen molar-refractivity contribution in [2.24, 2.45) is 5.73 Å². The van der Waals surface area contributed by atoms with Gasteiger partial charge in [-0.05, 0) is 32.0 Å². The van der Waals surface area contributed by atoms with Gasteiger partial charge in [0.15, 0.2) is 6.10 Å². The summed E-state index contributed by atoms with van der Waals surface area (Å²) in [6.45, 7) is 3.56. The fourth-order valence-electron chi connectivity index (χ4n) is 1.56. The van der Waals surface area contributed by atoms with Crippen LogP contribution in [0.15, 0.2) is 30.3 Å². The number of primary amides is 1. The fraction of sp³-hybridized carbons (Fsp3) is 0.231. The predicted molar refractivity (Wildman–Crippen MR) is 68.0 cm³/mol. The lowest BCUT2D eigenvalue weighted by molar-refractivity contribution is -0.123. The van der Waals surface area contributed by atoms with E-state index in [1.54, 1.807) is 13.0 Å². The lowest BCUT2D eigenvalue weighted by Crippen LogP contribution is -2.30. The summed E-state index contributed by atoms with van der Waals surface area (Å²) in [4.78, 5) is 10.9. The van der Waals surface area contributed by atoms with Crippen LogP contribution in [0, 0.1) is 6.92 Å². The van der Waals surface area contributed by atoms with Gasteiger partial charge in [-0.1, -0.05) is 12.1 Å². The number of benzene rings is 1. The standard InChI is InChI=1S/C13H15N3O2/c1-8-6-12(16-15-8)10-4-3-5-11(7-10)18-9(2)13(14)17/h3-7,9H,1-2H3,(H2,14,17)(H,15,16)/t9-/m0/s1. The molecular weight excluding hydrogens is 230 g/mol. The van der Waals surface area contributed by atoms with Gasteiger partial charge >= 0.3 is 0 Å². The monoisotopic (exact) mass is 245 g/mol. The lowest BCUT2D eigenvalue weighted by Gasteiger charge is -2.11. The second-order valence-corrected chi connectivity index (χ2v) is 4.13. The zero-order valence-corrected chi connectivity index (χ0v) is 10.3. The number of aryl methyl sites for hydroxylation is 1. The summed E-state index contributed by atoms with van der Waals surface area (Å²) in [5.74, 6) is 0.107. The van der Waals surface area contributed by atoms with Crippen molar-refractivity contribution in [3.05, 3.63) is 36.0 Å². The number of amides is 1. The van der Waals surface area contributed by atoms with Crippen molar-refractivity contribution in [3.8, 4) is 17.0 Å². The molecule has 1 aromatic carbocycles. The van der Waals surface area contributed by atoms with Gasteiger partial charge in [0, 0.05) is 11.3 Å². The summed E-state index contributed by atoms with van der Waals surface area (Å²) in [6, 6.07) is 9.33. The third-order valence-electron chi connectivity index (χ3n) is 2.55. The van der Waals surface area contributed by atoms with Crippen molar-refractivity contribution in [3.63, 3.8) is 0 Å². The van der Waals surface area contributed by atoms with Crippen LogP contribution < -0.4 is 10.5 Å². The summed E-state index contributed by atoms with van der Waals surface area (Å²) in [7, 11) is 0. The number of hydrogen-bond donors (Lipinski definition) is 2. The maximum Gasteiger partial charge on any atom is 0.258 e. The number of nitrogens with zero attached hydrogens (tertiary/aromatic N) is 1. The number of nitrogens with one attached hydrogen (secondary N) is 1. The van der Waals surface area contributed by atoms with Crippen molar-refractivity contribution in [1.29, 1.82) is 0 Å². The van der Waals surface area contributed by atoms with Crippen molar-refractivity contribution in [2.75, 3.05) is 0 Å². The molecule has 94 valence electrons. The molecule has 0 aliphatic heterocycles. The highest BCUT2D eigenvalue weighted by Crippen LogP contribution is 2.23. The van der Waals surface area contributed by atoms with E-state index in [1.807, 2.05) is 31.2 Å². The number of carbonyl (C=O) groups is 1. The Bertz CT molecular complexity index is 563. The van der Waals surface area contributed by atoms with Crippen LogP contribution in [0.4, 0.5) is 0 Å². The van der Waals surface area contributed by atoms with Gasteiger partial charge < -0.3 is 10.5 Å². The first kappa shape index (κ1) is 12.2. The molecule has 0 radical (unpaired) electrons. The van der Waals surface area contributed by atoms with Crippen molar-refractivity contribution in [2.45, 2.75) is 20.0 Å². The van der Waals surface area contributed by atoms with E-state index in [9.17, 15) is 4.79 Å². The topological polar surface area (TPSA) is 81.0 Å². The molecule has 1 atom stereocenters. The van der Waals surface area contributed by atoms with Crippen LogP contribution in [-0.2, 0) is 4.79 Å². The average molecular weight is 245 g/mol. The first-order valence-corrected chi connectivity index (χ1v) is 5.64. The maximum absolute atomic E-state index is 10.9. The number of aromatic nitrogens is 2. The van der Waals surface area contributed by atoms with E-state index in [0.717, 1.165) is 17.0 Å². The fourth-order valence-corrected chi connectivity index (χ4v) is 1.56. The molecule has 5 heteroatoms. The number of nitrogens with two attached hydrogens (primary N) is 1. The maximum atomic E-state index is 10.9. The van der Waals surface area contributed by atoms with E-state index >= 15 is 0 Å². The zero-order valence-electron chi connectivity index (χ0n) is 10.3. The van der Waals surface area contributed by atoms with Crippen LogP contribution in [0.3, 0.4) is 0 Å². The van der Waals surface area contributed by atoms with Gasteiger partial charge in [0.05, 0.1) is 5.69 Å². The Kier molecular flexibility index (Phi) is 3.32. The van der Waals surface area contributed by atoms with E-state index < -0.39 is 12.0 Å². The molecule has 0 fully saturated rings. The van der Waals surface area contributed by atoms with Crippen LogP contribution in [0.1, 0.15) is 12.6 Å². The molecular formula is C13H15N3O2. The van der Waals surface area contributed by atoms with E-state index in [4.69, 9.17) is 10.5 Å². The zero-order chi connectivity index (χ0) is 13.1. The Morgan fingerprint density at radius 2 is 2.22 bits per heavy atom. The minimum absolute atomic E-state index is 0.490. The summed E-state index contributed by atoms with van der Waals surface area (Å²) in [5.41, 5.74) is 7.91. The minimum Gasteiger partial charge on any atom is -0.481 e. The molecule has 1 aromatic heterocycles. The van der Waals surface area contributed by atoms with Crippen molar-refractivity contribution in [1.82, 2.24) is 10.2 Å². The number of H-pyrrole nitrogens is 1. The number of carbonyl (C=O) groups excluding carboxylic acids is 1. The van der Waals surface area contributed by atoms with E-state index in [1.165, 1.54) is 0 Å². The third-order valence-corrected chi connectivity index (χ3v) is 2.55. The lowest BCUT2D eigenvalue weighted by atomic mass is 10.1. The third kappa shape index (κ3) is 2.68. The van der Waals surface area contributed by atoms with Crippen molar-refractivity contribution < 1.29 is 9.53 Å². The van der Waals surface area contributed by atoms with Gasteiger partial charge in [0.1, 0.15) is 5.75 Å². The number of rotatable bonds is 4. The van der Waals surface area contributed by atoms with Gasteiger partial charge in [-0.2, -0.15) is 5.10 Å². The molecule has 0 aliphatic rings. The van der Waals surface area contributed by atoms with Crippen LogP contribution >= 0.6 is 0 Å². The summed E-state index contributed by atoms with van der Waals surface area (Å²) >= 11 is 0. The van der Waals surface area contributed by atoms with E-state index in [0.29, 0.717) is 5.75 Å². The summed E-state index contributed by atoms with van der Waals surface area (Å²) in [6.07, 6.45) is -0.652. The molecule has 0 unspecified atom stereocenters. The molecule has 0 spiro atoms. The van der Waals surface area contributed by atoms with E-state index in [2.05, 4.69) is 10.2 Å². The molecule has 0 bridgehead atoms. The average Bonchev–Trinajstić information content (AvgIpc) is 2.76. The highest BCUT2D eigenvalue weighted by Gasteiger charge is 2.11. The van der Waals surface area contributed by atoms with Gasteiger partial charge in [0.2, 0.25) is 0 Å². The Morgan fingerprint density at radius 1 is 1.44 bits per heavy atom. The number of ether oxygens (including phenoxy) is 1. The van der Waals surface area contributed by atoms with Gasteiger partial charge in [-0.3, -0.25) is 9.89 Å². The van der Waals surface area contributed by atoms with Gasteiger partial charge in [0.25, 0.3) is 5.91 Å². The Balaban J connectivity index is 2.22. The Hall–Kier alpha value is -2.30. The number of hydrogen-bond acceptors (Lipinski definition) is 3. The predicted octanol–water partition coefficient (Wildman–Crippen LogP) is 1.64. The molecule has 18 heavy (non-hydrogen) atoms. The van der Waals surface area contributed by atoms with Crippen LogP contribution in [0.5, 0.6) is 5.75 Å². The molecule has 0 aliphatic carbocycles. The smallest absolute Gasteiger partial charge is 0.258 e. The second kappa shape index (κ2) is 4.91.